The van der Waals surface area contributed by atoms with E-state index in [2.05, 4.69) is 5.32 Å². The fraction of sp³-hybridized carbons (Fsp3) is 0.115. The highest BCUT2D eigenvalue weighted by Gasteiger charge is 2.18. The van der Waals surface area contributed by atoms with E-state index in [1.807, 2.05) is 24.3 Å². The van der Waals surface area contributed by atoms with Crippen molar-refractivity contribution in [3.63, 3.8) is 0 Å². The highest BCUT2D eigenvalue weighted by molar-refractivity contribution is 5.91. The number of furan rings is 1. The molecule has 0 saturated carbocycles. The van der Waals surface area contributed by atoms with E-state index < -0.39 is 5.56 Å². The van der Waals surface area contributed by atoms with Crippen molar-refractivity contribution in [3.05, 3.63) is 88.9 Å². The molecule has 2 heterocycles. The standard InChI is InChI=1S/C26H21N3O5/c1-29-21(22-9-6-12-33-22)14-19(20(15-27)26(29)31)17-10-11-23(24(13-17)32-2)34-16-25(30)28-18-7-4-3-5-8-18/h3-14H,16H2,1-2H3,(H,28,30). The second kappa shape index (κ2) is 9.79. The van der Waals surface area contributed by atoms with Crippen LogP contribution < -0.4 is 20.3 Å². The van der Waals surface area contributed by atoms with Crippen LogP contribution in [0.4, 0.5) is 5.69 Å². The van der Waals surface area contributed by atoms with Crippen molar-refractivity contribution in [2.75, 3.05) is 19.0 Å². The van der Waals surface area contributed by atoms with E-state index in [-0.39, 0.29) is 18.1 Å². The third-order valence-electron chi connectivity index (χ3n) is 5.21. The molecule has 0 atom stereocenters. The molecule has 0 unspecified atom stereocenters. The predicted molar refractivity (Wildman–Crippen MR) is 127 cm³/mol. The van der Waals surface area contributed by atoms with E-state index in [1.165, 1.54) is 17.9 Å². The summed E-state index contributed by atoms with van der Waals surface area (Å²) in [6.07, 6.45) is 1.51. The number of aromatic nitrogens is 1. The molecule has 0 fully saturated rings. The number of amides is 1. The van der Waals surface area contributed by atoms with E-state index in [4.69, 9.17) is 13.9 Å². The number of anilines is 1. The number of rotatable bonds is 7. The van der Waals surface area contributed by atoms with Gasteiger partial charge in [0.15, 0.2) is 18.1 Å². The van der Waals surface area contributed by atoms with Crippen LogP contribution in [-0.2, 0) is 11.8 Å². The minimum Gasteiger partial charge on any atom is -0.493 e. The predicted octanol–water partition coefficient (Wildman–Crippen LogP) is 4.21. The van der Waals surface area contributed by atoms with Crippen LogP contribution in [0.1, 0.15) is 5.56 Å². The minimum atomic E-state index is -0.441. The maximum atomic E-state index is 12.9. The van der Waals surface area contributed by atoms with Gasteiger partial charge in [0.2, 0.25) is 0 Å². The number of nitriles is 1. The number of hydrogen-bond acceptors (Lipinski definition) is 6. The minimum absolute atomic E-state index is 0.00392. The van der Waals surface area contributed by atoms with Gasteiger partial charge in [0.25, 0.3) is 11.5 Å². The van der Waals surface area contributed by atoms with Crippen molar-refractivity contribution in [1.29, 1.82) is 5.26 Å². The molecule has 0 aliphatic heterocycles. The largest absolute Gasteiger partial charge is 0.493 e. The van der Waals surface area contributed by atoms with Crippen LogP contribution in [0.5, 0.6) is 11.5 Å². The van der Waals surface area contributed by atoms with Crippen LogP contribution in [0.3, 0.4) is 0 Å². The quantitative estimate of drug-likeness (QED) is 0.447. The maximum absolute atomic E-state index is 12.9. The topological polar surface area (TPSA) is 106 Å². The number of carbonyl (C=O) groups is 1. The molecule has 170 valence electrons. The van der Waals surface area contributed by atoms with E-state index in [9.17, 15) is 14.9 Å². The lowest BCUT2D eigenvalue weighted by Gasteiger charge is -2.14. The van der Waals surface area contributed by atoms with Crippen LogP contribution in [-0.4, -0.2) is 24.2 Å². The van der Waals surface area contributed by atoms with Crippen molar-refractivity contribution in [2.24, 2.45) is 7.05 Å². The van der Waals surface area contributed by atoms with Gasteiger partial charge in [-0.1, -0.05) is 24.3 Å². The molecular formula is C26H21N3O5. The summed E-state index contributed by atoms with van der Waals surface area (Å²) < 4.78 is 17.9. The zero-order valence-corrected chi connectivity index (χ0v) is 18.6. The Morgan fingerprint density at radius 2 is 1.88 bits per heavy atom. The van der Waals surface area contributed by atoms with Crippen LogP contribution in [0.2, 0.25) is 0 Å². The Bertz CT molecular complexity index is 1420. The number of benzene rings is 2. The van der Waals surface area contributed by atoms with Crippen LogP contribution >= 0.6 is 0 Å². The van der Waals surface area contributed by atoms with Crippen molar-refractivity contribution in [1.82, 2.24) is 4.57 Å². The van der Waals surface area contributed by atoms with Gasteiger partial charge in [-0.3, -0.25) is 9.59 Å². The number of methoxy groups -OCH3 is 1. The fourth-order valence-corrected chi connectivity index (χ4v) is 3.51. The molecule has 4 rings (SSSR count). The monoisotopic (exact) mass is 455 g/mol. The molecule has 2 aromatic carbocycles. The van der Waals surface area contributed by atoms with Gasteiger partial charge in [0.1, 0.15) is 17.4 Å². The van der Waals surface area contributed by atoms with Crippen LogP contribution in [0.25, 0.3) is 22.6 Å². The van der Waals surface area contributed by atoms with E-state index in [0.29, 0.717) is 39.8 Å². The van der Waals surface area contributed by atoms with Gasteiger partial charge in [-0.25, -0.2) is 0 Å². The van der Waals surface area contributed by atoms with Gasteiger partial charge in [-0.05, 0) is 48.0 Å². The van der Waals surface area contributed by atoms with E-state index in [1.54, 1.807) is 55.6 Å². The number of para-hydroxylation sites is 1. The Morgan fingerprint density at radius 3 is 2.56 bits per heavy atom. The summed E-state index contributed by atoms with van der Waals surface area (Å²) in [5.41, 5.74) is 1.77. The number of hydrogen-bond donors (Lipinski definition) is 1. The van der Waals surface area contributed by atoms with Gasteiger partial charge in [0.05, 0.1) is 19.1 Å². The first kappa shape index (κ1) is 22.4. The molecule has 0 bridgehead atoms. The SMILES string of the molecule is COc1cc(-c2cc(-c3ccco3)n(C)c(=O)c2C#N)ccc1OCC(=O)Nc1ccccc1. The van der Waals surface area contributed by atoms with Crippen LogP contribution in [0, 0.1) is 11.3 Å². The number of nitrogens with zero attached hydrogens (tertiary/aromatic N) is 2. The molecule has 2 aromatic heterocycles. The molecule has 8 heteroatoms. The Balaban J connectivity index is 1.63. The van der Waals surface area contributed by atoms with E-state index >= 15 is 0 Å². The summed E-state index contributed by atoms with van der Waals surface area (Å²) >= 11 is 0. The van der Waals surface area contributed by atoms with Gasteiger partial charge >= 0.3 is 0 Å². The first-order valence-electron chi connectivity index (χ1n) is 10.4. The van der Waals surface area contributed by atoms with Crippen molar-refractivity contribution < 1.29 is 18.7 Å². The normalized spacial score (nSPS) is 10.4. The highest BCUT2D eigenvalue weighted by atomic mass is 16.5. The highest BCUT2D eigenvalue weighted by Crippen LogP contribution is 2.34. The summed E-state index contributed by atoms with van der Waals surface area (Å²) in [6.45, 7) is -0.220. The second-order valence-electron chi connectivity index (χ2n) is 7.34. The summed E-state index contributed by atoms with van der Waals surface area (Å²) in [6, 6.07) is 21.2. The first-order chi connectivity index (χ1) is 16.5. The number of pyridine rings is 1. The lowest BCUT2D eigenvalue weighted by Crippen LogP contribution is -2.22. The Labute approximate surface area is 195 Å². The molecule has 0 saturated heterocycles. The van der Waals surface area contributed by atoms with Crippen molar-refractivity contribution in [3.8, 4) is 40.1 Å². The summed E-state index contributed by atoms with van der Waals surface area (Å²) in [4.78, 5) is 25.1. The average Bonchev–Trinajstić information content (AvgIpc) is 3.39. The molecule has 8 nitrogen and oxygen atoms in total. The molecule has 0 aliphatic rings. The van der Waals surface area contributed by atoms with Crippen LogP contribution in [0.15, 0.2) is 82.2 Å². The third kappa shape index (κ3) is 4.54. The average molecular weight is 455 g/mol. The second-order valence-corrected chi connectivity index (χ2v) is 7.34. The summed E-state index contributed by atoms with van der Waals surface area (Å²) in [5, 5.41) is 12.4. The summed E-state index contributed by atoms with van der Waals surface area (Å²) in [5.74, 6) is 0.887. The Morgan fingerprint density at radius 1 is 1.09 bits per heavy atom. The molecule has 1 N–H and O–H groups in total. The number of ether oxygens (including phenoxy) is 2. The molecule has 0 radical (unpaired) electrons. The number of nitrogens with one attached hydrogen (secondary N) is 1. The van der Waals surface area contributed by atoms with Gasteiger partial charge in [0, 0.05) is 18.3 Å². The van der Waals surface area contributed by atoms with E-state index in [0.717, 1.165) is 0 Å². The molecule has 4 aromatic rings. The van der Waals surface area contributed by atoms with Gasteiger partial charge in [-0.2, -0.15) is 5.26 Å². The van der Waals surface area contributed by atoms with Crippen molar-refractivity contribution in [2.45, 2.75) is 0 Å². The zero-order chi connectivity index (χ0) is 24.1. The van der Waals surface area contributed by atoms with Gasteiger partial charge < -0.3 is 23.8 Å². The molecular weight excluding hydrogens is 434 g/mol. The molecule has 0 aliphatic carbocycles. The fourth-order valence-electron chi connectivity index (χ4n) is 3.51. The molecule has 0 spiro atoms. The Hall–Kier alpha value is -4.77. The van der Waals surface area contributed by atoms with Crippen molar-refractivity contribution >= 4 is 11.6 Å². The molecule has 34 heavy (non-hydrogen) atoms. The lowest BCUT2D eigenvalue weighted by molar-refractivity contribution is -0.118. The van der Waals surface area contributed by atoms with Gasteiger partial charge in [-0.15, -0.1) is 0 Å². The smallest absolute Gasteiger partial charge is 0.269 e. The maximum Gasteiger partial charge on any atom is 0.269 e. The third-order valence-corrected chi connectivity index (χ3v) is 5.21. The Kier molecular flexibility index (Phi) is 6.46. The number of carbonyl (C=O) groups excluding carboxylic acids is 1. The first-order valence-corrected chi connectivity index (χ1v) is 10.4. The zero-order valence-electron chi connectivity index (χ0n) is 18.6. The lowest BCUT2D eigenvalue weighted by atomic mass is 9.99. The molecule has 1 amide bonds. The summed E-state index contributed by atoms with van der Waals surface area (Å²) in [7, 11) is 3.06.